The summed E-state index contributed by atoms with van der Waals surface area (Å²) in [6, 6.07) is 13.7. The number of nitrogens with zero attached hydrogens (tertiary/aromatic N) is 1. The van der Waals surface area contributed by atoms with Crippen LogP contribution in [0.3, 0.4) is 0 Å². The average molecular weight is 284 g/mol. The van der Waals surface area contributed by atoms with Crippen LogP contribution >= 0.6 is 0 Å². The molecule has 2 aromatic carbocycles. The van der Waals surface area contributed by atoms with Gasteiger partial charge < -0.3 is 10.5 Å². The van der Waals surface area contributed by atoms with Crippen molar-refractivity contribution in [2.75, 3.05) is 0 Å². The van der Waals surface area contributed by atoms with Crippen molar-refractivity contribution in [3.63, 3.8) is 0 Å². The molecule has 0 aliphatic carbocycles. The van der Waals surface area contributed by atoms with Crippen LogP contribution in [-0.2, 0) is 6.61 Å². The molecular weight excluding hydrogens is 267 g/mol. The Labute approximate surface area is 123 Å². The Balaban J connectivity index is 2.15. The highest BCUT2D eigenvalue weighted by molar-refractivity contribution is 5.37. The fraction of sp³-hybridized carbons (Fsp3) is 0.235. The van der Waals surface area contributed by atoms with Crippen LogP contribution in [0, 0.1) is 17.1 Å². The number of nitrogens with two attached hydrogens (primary N) is 1. The Morgan fingerprint density at radius 1 is 1.29 bits per heavy atom. The van der Waals surface area contributed by atoms with Crippen molar-refractivity contribution in [2.24, 2.45) is 5.73 Å². The van der Waals surface area contributed by atoms with E-state index in [-0.39, 0.29) is 18.2 Å². The van der Waals surface area contributed by atoms with Crippen LogP contribution in [0.15, 0.2) is 42.5 Å². The first-order valence-corrected chi connectivity index (χ1v) is 6.81. The van der Waals surface area contributed by atoms with Gasteiger partial charge in [-0.15, -0.1) is 0 Å². The molecule has 0 saturated heterocycles. The third-order valence-corrected chi connectivity index (χ3v) is 3.30. The van der Waals surface area contributed by atoms with E-state index in [1.165, 1.54) is 12.1 Å². The number of para-hydroxylation sites is 1. The molecule has 0 spiro atoms. The number of rotatable bonds is 5. The van der Waals surface area contributed by atoms with Gasteiger partial charge in [0.2, 0.25) is 0 Å². The second kappa shape index (κ2) is 6.87. The van der Waals surface area contributed by atoms with Gasteiger partial charge in [-0.3, -0.25) is 0 Å². The molecule has 0 heterocycles. The monoisotopic (exact) mass is 284 g/mol. The maximum Gasteiger partial charge on any atom is 0.140 e. The molecule has 0 saturated carbocycles. The largest absolute Gasteiger partial charge is 0.489 e. The normalized spacial score (nSPS) is 11.7. The maximum atomic E-state index is 13.3. The average Bonchev–Trinajstić information content (AvgIpc) is 2.53. The van der Waals surface area contributed by atoms with Gasteiger partial charge in [0.15, 0.2) is 0 Å². The van der Waals surface area contributed by atoms with Crippen molar-refractivity contribution in [1.82, 2.24) is 0 Å². The molecule has 1 atom stereocenters. The Morgan fingerprint density at radius 3 is 2.76 bits per heavy atom. The van der Waals surface area contributed by atoms with E-state index in [9.17, 15) is 4.39 Å². The predicted octanol–water partition coefficient (Wildman–Crippen LogP) is 3.69. The lowest BCUT2D eigenvalue weighted by atomic mass is 10.0. The van der Waals surface area contributed by atoms with Crippen LogP contribution in [0.4, 0.5) is 4.39 Å². The van der Waals surface area contributed by atoms with Gasteiger partial charge in [-0.2, -0.15) is 5.26 Å². The van der Waals surface area contributed by atoms with Crippen LogP contribution < -0.4 is 10.5 Å². The Bertz CT molecular complexity index is 664. The molecule has 108 valence electrons. The van der Waals surface area contributed by atoms with Crippen molar-refractivity contribution < 1.29 is 9.13 Å². The molecule has 0 aliphatic heterocycles. The zero-order chi connectivity index (χ0) is 15.2. The highest BCUT2D eigenvalue weighted by atomic mass is 19.1. The number of hydrogen-bond acceptors (Lipinski definition) is 3. The zero-order valence-corrected chi connectivity index (χ0v) is 11.8. The second-order valence-corrected chi connectivity index (χ2v) is 4.77. The summed E-state index contributed by atoms with van der Waals surface area (Å²) in [6.07, 6.45) is 0.815. The molecular formula is C17H17FN2O. The summed E-state index contributed by atoms with van der Waals surface area (Å²) in [7, 11) is 0. The fourth-order valence-corrected chi connectivity index (χ4v) is 2.05. The summed E-state index contributed by atoms with van der Waals surface area (Å²) in [5, 5.41) is 8.83. The molecule has 0 aliphatic rings. The molecule has 1 unspecified atom stereocenters. The molecule has 0 aromatic heterocycles. The van der Waals surface area contributed by atoms with Crippen LogP contribution in [0.1, 0.15) is 36.1 Å². The van der Waals surface area contributed by atoms with Crippen molar-refractivity contribution >= 4 is 0 Å². The van der Waals surface area contributed by atoms with Crippen LogP contribution in [-0.4, -0.2) is 0 Å². The molecule has 3 nitrogen and oxygen atoms in total. The second-order valence-electron chi connectivity index (χ2n) is 4.77. The Morgan fingerprint density at radius 2 is 2.05 bits per heavy atom. The van der Waals surface area contributed by atoms with Gasteiger partial charge in [-0.25, -0.2) is 4.39 Å². The summed E-state index contributed by atoms with van der Waals surface area (Å²) in [4.78, 5) is 0. The van der Waals surface area contributed by atoms with Gasteiger partial charge in [-0.1, -0.05) is 31.2 Å². The first kappa shape index (κ1) is 15.0. The van der Waals surface area contributed by atoms with E-state index in [2.05, 4.69) is 0 Å². The summed E-state index contributed by atoms with van der Waals surface area (Å²) in [5.74, 6) is 0.198. The van der Waals surface area contributed by atoms with Gasteiger partial charge in [0.25, 0.3) is 0 Å². The topological polar surface area (TPSA) is 59.0 Å². The molecule has 0 radical (unpaired) electrons. The van der Waals surface area contributed by atoms with Crippen molar-refractivity contribution in [2.45, 2.75) is 26.0 Å². The molecule has 2 aromatic rings. The molecule has 0 amide bonds. The van der Waals surface area contributed by atoms with Crippen LogP contribution in [0.25, 0.3) is 0 Å². The van der Waals surface area contributed by atoms with E-state index in [0.29, 0.717) is 0 Å². The highest BCUT2D eigenvalue weighted by Crippen LogP contribution is 2.26. The van der Waals surface area contributed by atoms with Crippen molar-refractivity contribution in [3.8, 4) is 11.8 Å². The van der Waals surface area contributed by atoms with E-state index in [1.54, 1.807) is 6.07 Å². The number of nitriles is 1. The lowest BCUT2D eigenvalue weighted by Gasteiger charge is -2.15. The highest BCUT2D eigenvalue weighted by Gasteiger charge is 2.10. The van der Waals surface area contributed by atoms with Gasteiger partial charge in [-0.05, 0) is 30.2 Å². The predicted molar refractivity (Wildman–Crippen MR) is 79.1 cm³/mol. The smallest absolute Gasteiger partial charge is 0.140 e. The van der Waals surface area contributed by atoms with Gasteiger partial charge in [0, 0.05) is 11.6 Å². The molecule has 21 heavy (non-hydrogen) atoms. The van der Waals surface area contributed by atoms with E-state index in [1.807, 2.05) is 37.3 Å². The summed E-state index contributed by atoms with van der Waals surface area (Å²) < 4.78 is 19.0. The summed E-state index contributed by atoms with van der Waals surface area (Å²) in [5.41, 5.74) is 7.77. The van der Waals surface area contributed by atoms with Crippen LogP contribution in [0.2, 0.25) is 0 Å². The van der Waals surface area contributed by atoms with Crippen molar-refractivity contribution in [1.29, 1.82) is 5.26 Å². The minimum absolute atomic E-state index is 0.0228. The standard InChI is InChI=1S/C17H17FN2O/c1-2-16(20)14-5-3-4-6-17(14)21-11-12-7-8-15(18)13(9-12)10-19/h3-9,16H,2,11,20H2,1H3. The van der Waals surface area contributed by atoms with Crippen molar-refractivity contribution in [3.05, 3.63) is 65.0 Å². The third-order valence-electron chi connectivity index (χ3n) is 3.30. The molecule has 2 rings (SSSR count). The lowest BCUT2D eigenvalue weighted by molar-refractivity contribution is 0.300. The molecule has 0 fully saturated rings. The Kier molecular flexibility index (Phi) is 4.91. The summed E-state index contributed by atoms with van der Waals surface area (Å²) >= 11 is 0. The van der Waals surface area contributed by atoms with Gasteiger partial charge in [0.05, 0.1) is 5.56 Å². The molecule has 2 N–H and O–H groups in total. The SMILES string of the molecule is CCC(N)c1ccccc1OCc1ccc(F)c(C#N)c1. The van der Waals surface area contributed by atoms with Gasteiger partial charge >= 0.3 is 0 Å². The number of hydrogen-bond donors (Lipinski definition) is 1. The van der Waals surface area contributed by atoms with E-state index in [4.69, 9.17) is 15.7 Å². The molecule has 0 bridgehead atoms. The minimum Gasteiger partial charge on any atom is -0.489 e. The van der Waals surface area contributed by atoms with E-state index < -0.39 is 5.82 Å². The number of benzene rings is 2. The number of halogens is 1. The number of ether oxygens (including phenoxy) is 1. The minimum atomic E-state index is -0.519. The summed E-state index contributed by atoms with van der Waals surface area (Å²) in [6.45, 7) is 2.28. The zero-order valence-electron chi connectivity index (χ0n) is 11.8. The Hall–Kier alpha value is -2.38. The quantitative estimate of drug-likeness (QED) is 0.911. The fourth-order valence-electron chi connectivity index (χ4n) is 2.05. The first-order chi connectivity index (χ1) is 10.2. The van der Waals surface area contributed by atoms with Crippen LogP contribution in [0.5, 0.6) is 5.75 Å². The molecule has 4 heteroatoms. The van der Waals surface area contributed by atoms with E-state index >= 15 is 0 Å². The first-order valence-electron chi connectivity index (χ1n) is 6.81. The maximum absolute atomic E-state index is 13.3. The lowest BCUT2D eigenvalue weighted by Crippen LogP contribution is -2.10. The van der Waals surface area contributed by atoms with Gasteiger partial charge in [0.1, 0.15) is 24.2 Å². The van der Waals surface area contributed by atoms with E-state index in [0.717, 1.165) is 23.3 Å². The third kappa shape index (κ3) is 3.59.